The number of hydrazine groups is 1. The van der Waals surface area contributed by atoms with Gasteiger partial charge in [-0.05, 0) is 19.8 Å². The van der Waals surface area contributed by atoms with Crippen LogP contribution >= 0.6 is 0 Å². The van der Waals surface area contributed by atoms with Crippen LogP contribution in [0.3, 0.4) is 0 Å². The number of rotatable bonds is 2. The quantitative estimate of drug-likeness (QED) is 0.594. The lowest BCUT2D eigenvalue weighted by atomic mass is 10.2. The van der Waals surface area contributed by atoms with Gasteiger partial charge in [-0.15, -0.1) is 5.92 Å². The third kappa shape index (κ3) is 3.41. The Labute approximate surface area is 68.9 Å². The summed E-state index contributed by atoms with van der Waals surface area (Å²) in [5.41, 5.74) is 3.28. The monoisotopic (exact) mass is 152 g/mol. The van der Waals surface area contributed by atoms with E-state index in [1.54, 1.807) is 0 Å². The van der Waals surface area contributed by atoms with Crippen molar-refractivity contribution in [3.8, 4) is 11.8 Å². The summed E-state index contributed by atoms with van der Waals surface area (Å²) in [4.78, 5) is 0. The standard InChI is InChI=1S/C9H16N2/c1-2-3-7-10-11-8-5-4-6-9-11/h10H,4-9H2,1H3. The van der Waals surface area contributed by atoms with E-state index in [0.29, 0.717) is 0 Å². The van der Waals surface area contributed by atoms with E-state index in [1.807, 2.05) is 6.92 Å². The van der Waals surface area contributed by atoms with Crippen LogP contribution in [0.5, 0.6) is 0 Å². The van der Waals surface area contributed by atoms with Gasteiger partial charge >= 0.3 is 0 Å². The van der Waals surface area contributed by atoms with Crippen molar-refractivity contribution in [3.63, 3.8) is 0 Å². The number of nitrogens with zero attached hydrogens (tertiary/aromatic N) is 1. The molecule has 1 aliphatic heterocycles. The molecule has 0 bridgehead atoms. The van der Waals surface area contributed by atoms with E-state index in [9.17, 15) is 0 Å². The van der Waals surface area contributed by atoms with E-state index in [2.05, 4.69) is 22.3 Å². The fourth-order valence-corrected chi connectivity index (χ4v) is 1.29. The Morgan fingerprint density at radius 1 is 1.27 bits per heavy atom. The lowest BCUT2D eigenvalue weighted by Gasteiger charge is -2.25. The molecular weight excluding hydrogens is 136 g/mol. The van der Waals surface area contributed by atoms with Crippen molar-refractivity contribution in [3.05, 3.63) is 0 Å². The highest BCUT2D eigenvalue weighted by atomic mass is 15.5. The summed E-state index contributed by atoms with van der Waals surface area (Å²) in [5.74, 6) is 5.86. The first-order valence-corrected chi connectivity index (χ1v) is 4.31. The van der Waals surface area contributed by atoms with Gasteiger partial charge in [-0.2, -0.15) is 0 Å². The molecule has 1 fully saturated rings. The third-order valence-corrected chi connectivity index (χ3v) is 1.92. The number of nitrogens with one attached hydrogen (secondary N) is 1. The molecule has 1 saturated heterocycles. The van der Waals surface area contributed by atoms with Gasteiger partial charge in [0.2, 0.25) is 0 Å². The Morgan fingerprint density at radius 2 is 2.00 bits per heavy atom. The Hall–Kier alpha value is -0.520. The fraction of sp³-hybridized carbons (Fsp3) is 0.778. The fourth-order valence-electron chi connectivity index (χ4n) is 1.29. The van der Waals surface area contributed by atoms with Crippen LogP contribution in [0, 0.1) is 11.8 Å². The van der Waals surface area contributed by atoms with Crippen LogP contribution in [0.1, 0.15) is 26.2 Å². The predicted octanol–water partition coefficient (Wildman–Crippen LogP) is 1.00. The van der Waals surface area contributed by atoms with E-state index < -0.39 is 0 Å². The third-order valence-electron chi connectivity index (χ3n) is 1.92. The molecule has 1 heterocycles. The summed E-state index contributed by atoms with van der Waals surface area (Å²) in [5, 5.41) is 2.27. The van der Waals surface area contributed by atoms with Crippen molar-refractivity contribution >= 4 is 0 Å². The van der Waals surface area contributed by atoms with E-state index in [0.717, 1.165) is 6.54 Å². The zero-order valence-corrected chi connectivity index (χ0v) is 7.19. The van der Waals surface area contributed by atoms with Crippen LogP contribution in [0.4, 0.5) is 0 Å². The molecular formula is C9H16N2. The second-order valence-corrected chi connectivity index (χ2v) is 2.81. The second kappa shape index (κ2) is 5.17. The first-order valence-electron chi connectivity index (χ1n) is 4.31. The van der Waals surface area contributed by atoms with Gasteiger partial charge in [-0.1, -0.05) is 12.3 Å². The zero-order valence-electron chi connectivity index (χ0n) is 7.19. The molecule has 1 aliphatic rings. The van der Waals surface area contributed by atoms with Crippen LogP contribution in [0.25, 0.3) is 0 Å². The summed E-state index contributed by atoms with van der Waals surface area (Å²) in [6.45, 7) is 5.05. The number of piperidine rings is 1. The van der Waals surface area contributed by atoms with Crippen molar-refractivity contribution < 1.29 is 0 Å². The molecule has 2 nitrogen and oxygen atoms in total. The van der Waals surface area contributed by atoms with Crippen molar-refractivity contribution in [1.82, 2.24) is 10.4 Å². The molecule has 11 heavy (non-hydrogen) atoms. The van der Waals surface area contributed by atoms with Crippen molar-refractivity contribution in [1.29, 1.82) is 0 Å². The van der Waals surface area contributed by atoms with Crippen LogP contribution in [-0.4, -0.2) is 24.6 Å². The highest BCUT2D eigenvalue weighted by molar-refractivity contribution is 4.96. The molecule has 1 N–H and O–H groups in total. The van der Waals surface area contributed by atoms with Crippen molar-refractivity contribution in [2.75, 3.05) is 19.6 Å². The molecule has 0 aromatic rings. The number of hydrogen-bond donors (Lipinski definition) is 1. The molecule has 0 aromatic carbocycles. The van der Waals surface area contributed by atoms with Gasteiger partial charge in [-0.25, -0.2) is 10.4 Å². The zero-order chi connectivity index (χ0) is 7.94. The SMILES string of the molecule is CC#CCNN1CCCCC1. The predicted molar refractivity (Wildman–Crippen MR) is 46.9 cm³/mol. The van der Waals surface area contributed by atoms with E-state index in [4.69, 9.17) is 0 Å². The van der Waals surface area contributed by atoms with Crippen LogP contribution < -0.4 is 5.43 Å². The smallest absolute Gasteiger partial charge is 0.0714 e. The van der Waals surface area contributed by atoms with Gasteiger partial charge < -0.3 is 0 Å². The van der Waals surface area contributed by atoms with Gasteiger partial charge in [0, 0.05) is 13.1 Å². The maximum atomic E-state index is 3.28. The normalized spacial score (nSPS) is 19.0. The largest absolute Gasteiger partial charge is 0.244 e. The maximum Gasteiger partial charge on any atom is 0.0714 e. The van der Waals surface area contributed by atoms with Crippen LogP contribution in [0.2, 0.25) is 0 Å². The summed E-state index contributed by atoms with van der Waals surface area (Å²) in [6.07, 6.45) is 4.04. The average molecular weight is 152 g/mol. The summed E-state index contributed by atoms with van der Waals surface area (Å²) in [7, 11) is 0. The molecule has 0 radical (unpaired) electrons. The van der Waals surface area contributed by atoms with Gasteiger partial charge in [0.1, 0.15) is 0 Å². The van der Waals surface area contributed by atoms with E-state index >= 15 is 0 Å². The highest BCUT2D eigenvalue weighted by Crippen LogP contribution is 2.04. The second-order valence-electron chi connectivity index (χ2n) is 2.81. The topological polar surface area (TPSA) is 15.3 Å². The average Bonchev–Trinajstić information content (AvgIpc) is 2.07. The Kier molecular flexibility index (Phi) is 4.03. The lowest BCUT2D eigenvalue weighted by molar-refractivity contribution is 0.164. The minimum Gasteiger partial charge on any atom is -0.244 e. The molecule has 0 aromatic heterocycles. The van der Waals surface area contributed by atoms with E-state index in [1.165, 1.54) is 32.4 Å². The molecule has 0 unspecified atom stereocenters. The Bertz CT molecular complexity index is 149. The van der Waals surface area contributed by atoms with Gasteiger partial charge in [-0.3, -0.25) is 0 Å². The molecule has 2 heteroatoms. The van der Waals surface area contributed by atoms with Crippen LogP contribution in [-0.2, 0) is 0 Å². The molecule has 0 amide bonds. The van der Waals surface area contributed by atoms with Gasteiger partial charge in [0.25, 0.3) is 0 Å². The molecule has 1 rings (SSSR count). The van der Waals surface area contributed by atoms with Gasteiger partial charge in [0.05, 0.1) is 6.54 Å². The Balaban J connectivity index is 2.08. The first-order chi connectivity index (χ1) is 5.43. The van der Waals surface area contributed by atoms with Crippen molar-refractivity contribution in [2.45, 2.75) is 26.2 Å². The highest BCUT2D eigenvalue weighted by Gasteiger charge is 2.07. The van der Waals surface area contributed by atoms with Crippen LogP contribution in [0.15, 0.2) is 0 Å². The summed E-state index contributed by atoms with van der Waals surface area (Å²) in [6, 6.07) is 0. The van der Waals surface area contributed by atoms with E-state index in [-0.39, 0.29) is 0 Å². The van der Waals surface area contributed by atoms with Gasteiger partial charge in [0.15, 0.2) is 0 Å². The molecule has 62 valence electrons. The first kappa shape index (κ1) is 8.58. The van der Waals surface area contributed by atoms with Crippen molar-refractivity contribution in [2.24, 2.45) is 0 Å². The molecule has 0 spiro atoms. The minimum atomic E-state index is 0.802. The molecule has 0 atom stereocenters. The molecule has 0 saturated carbocycles. The summed E-state index contributed by atoms with van der Waals surface area (Å²) < 4.78 is 0. The summed E-state index contributed by atoms with van der Waals surface area (Å²) >= 11 is 0. The minimum absolute atomic E-state index is 0.802. The number of hydrogen-bond acceptors (Lipinski definition) is 2. The Morgan fingerprint density at radius 3 is 2.64 bits per heavy atom. The maximum absolute atomic E-state index is 3.28. The lowest BCUT2D eigenvalue weighted by Crippen LogP contribution is -2.41. The molecule has 0 aliphatic carbocycles.